The van der Waals surface area contributed by atoms with Gasteiger partial charge in [-0.3, -0.25) is 91.1 Å². The molecule has 1 aliphatic heterocycles. The van der Waals surface area contributed by atoms with Crippen molar-refractivity contribution in [2.24, 2.45) is 17.6 Å². The molecule has 16 amide bonds. The monoisotopic (exact) mass is 1820 g/mol. The number of aliphatic hydroxyl groups is 4. The second-order valence-corrected chi connectivity index (χ2v) is 32.0. The summed E-state index contributed by atoms with van der Waals surface area (Å²) in [7, 11) is 0. The van der Waals surface area contributed by atoms with Crippen molar-refractivity contribution in [3.05, 3.63) is 95.6 Å². The van der Waals surface area contributed by atoms with E-state index in [4.69, 9.17) is 5.73 Å². The number of hydrogen-bond acceptors (Lipinski definition) is 26. The zero-order valence-corrected chi connectivity index (χ0v) is 73.1. The first-order valence-electron chi connectivity index (χ1n) is 42.2. The maximum atomic E-state index is 14.7. The molecule has 3 aromatic rings. The fraction of sp³-hybridized carbons (Fsp3) is 0.560. The topological polar surface area (TPSA) is 716 Å². The number of carboxylic acid groups (broad SMARTS) is 3. The highest BCUT2D eigenvalue weighted by atomic mass is 16.4. The van der Waals surface area contributed by atoms with Crippen LogP contribution in [-0.4, -0.2) is 299 Å². The Morgan fingerprint density at radius 2 is 0.814 bits per heavy atom. The van der Waals surface area contributed by atoms with E-state index in [1.54, 1.807) is 45.9 Å². The number of likely N-dealkylation sites (tertiary alicyclic amines) is 1. The lowest BCUT2D eigenvalue weighted by Gasteiger charge is -2.30. The lowest BCUT2D eigenvalue weighted by molar-refractivity contribution is -0.142. The number of aliphatic carboxylic acids is 3. The molecule has 1 heterocycles. The summed E-state index contributed by atoms with van der Waals surface area (Å²) in [5, 5.41) is 128. The van der Waals surface area contributed by atoms with Gasteiger partial charge in [-0.25, -0.2) is 0 Å². The van der Waals surface area contributed by atoms with Gasteiger partial charge >= 0.3 is 17.9 Å². The van der Waals surface area contributed by atoms with Crippen LogP contribution in [0.1, 0.15) is 149 Å². The van der Waals surface area contributed by atoms with Crippen molar-refractivity contribution in [1.29, 1.82) is 0 Å². The molecule has 129 heavy (non-hydrogen) atoms. The first-order chi connectivity index (χ1) is 60.9. The smallest absolute Gasteiger partial charge is 0.305 e. The molecule has 3 aromatic carbocycles. The van der Waals surface area contributed by atoms with Gasteiger partial charge in [0, 0.05) is 44.7 Å². The van der Waals surface area contributed by atoms with Gasteiger partial charge in [0.1, 0.15) is 90.0 Å². The molecule has 45 heteroatoms. The molecule has 1 saturated heterocycles. The third-order valence-electron chi connectivity index (χ3n) is 20.6. The van der Waals surface area contributed by atoms with Gasteiger partial charge in [0.15, 0.2) is 0 Å². The Morgan fingerprint density at radius 1 is 0.411 bits per heavy atom. The number of amides is 16. The summed E-state index contributed by atoms with van der Waals surface area (Å²) < 4.78 is 0. The zero-order valence-electron chi connectivity index (χ0n) is 73.1. The van der Waals surface area contributed by atoms with Gasteiger partial charge < -0.3 is 136 Å². The molecule has 1 fully saturated rings. The molecule has 0 aliphatic carbocycles. The Bertz CT molecular complexity index is 4330. The molecule has 0 radical (unpaired) electrons. The highest BCUT2D eigenvalue weighted by Crippen LogP contribution is 2.19. The van der Waals surface area contributed by atoms with Gasteiger partial charge in [-0.1, -0.05) is 95.1 Å². The van der Waals surface area contributed by atoms with Crippen LogP contribution in [0.2, 0.25) is 0 Å². The number of benzene rings is 3. The normalized spacial score (nSPS) is 15.8. The summed E-state index contributed by atoms with van der Waals surface area (Å²) in [4.78, 5) is 259. The fourth-order valence-electron chi connectivity index (χ4n) is 13.2. The summed E-state index contributed by atoms with van der Waals surface area (Å²) in [6.07, 6.45) is -4.91. The molecule has 17 atom stereocenters. The van der Waals surface area contributed by atoms with Crippen molar-refractivity contribution in [1.82, 2.24) is 84.7 Å². The van der Waals surface area contributed by atoms with Crippen LogP contribution in [0.25, 0.3) is 0 Å². The quantitative estimate of drug-likeness (QED) is 0.0234. The molecule has 26 N–H and O–H groups in total. The van der Waals surface area contributed by atoms with E-state index in [1.807, 2.05) is 0 Å². The number of hydrogen-bond donors (Lipinski definition) is 25. The molecular weight excluding hydrogens is 1700 g/mol. The maximum absolute atomic E-state index is 14.7. The Labute approximate surface area is 743 Å². The second kappa shape index (κ2) is 54.9. The Balaban J connectivity index is 1.55. The average Bonchev–Trinajstić information content (AvgIpc) is 0.839. The Kier molecular flexibility index (Phi) is 46.1. The van der Waals surface area contributed by atoms with Gasteiger partial charge in [-0.2, -0.15) is 0 Å². The predicted molar refractivity (Wildman–Crippen MR) is 456 cm³/mol. The Hall–Kier alpha value is -13.0. The average molecular weight is 1820 g/mol. The fourth-order valence-corrected chi connectivity index (χ4v) is 13.2. The minimum Gasteiger partial charge on any atom is -0.508 e. The van der Waals surface area contributed by atoms with E-state index in [0.29, 0.717) is 56.3 Å². The van der Waals surface area contributed by atoms with Crippen LogP contribution in [-0.2, 0) is 110 Å². The first-order valence-corrected chi connectivity index (χ1v) is 42.2. The molecule has 45 nitrogen and oxygen atoms in total. The van der Waals surface area contributed by atoms with E-state index in [2.05, 4.69) is 79.8 Å². The number of carboxylic acids is 3. The van der Waals surface area contributed by atoms with Crippen molar-refractivity contribution < 1.29 is 137 Å². The second-order valence-electron chi connectivity index (χ2n) is 32.0. The summed E-state index contributed by atoms with van der Waals surface area (Å²) in [5.41, 5.74) is 6.49. The number of carbonyl (C=O) groups excluding carboxylic acids is 16. The number of rotatable bonds is 56. The molecule has 1 aliphatic rings. The number of nitrogens with one attached hydrogen (secondary N) is 15. The molecule has 0 unspecified atom stereocenters. The molecule has 0 saturated carbocycles. The van der Waals surface area contributed by atoms with Crippen LogP contribution >= 0.6 is 0 Å². The van der Waals surface area contributed by atoms with Crippen molar-refractivity contribution in [3.63, 3.8) is 0 Å². The van der Waals surface area contributed by atoms with E-state index in [9.17, 15) is 137 Å². The van der Waals surface area contributed by atoms with Gasteiger partial charge in [0.2, 0.25) is 94.5 Å². The van der Waals surface area contributed by atoms with Crippen LogP contribution in [0, 0.1) is 11.8 Å². The van der Waals surface area contributed by atoms with Crippen molar-refractivity contribution in [2.45, 2.75) is 248 Å². The number of nitrogens with zero attached hydrogens (tertiary/aromatic N) is 1. The summed E-state index contributed by atoms with van der Waals surface area (Å²) in [5.74, 6) is -23.6. The molecular formula is C84H123N17O28. The van der Waals surface area contributed by atoms with Crippen LogP contribution < -0.4 is 85.5 Å². The SMILES string of the molecule is CC[C@H](C)[C@H](NC(=O)[C@H](CO)NC(=O)[C@H](Cc1ccc(O)cc1)NC(=O)[C@H](CC(=O)O)NC(=O)[C@H](CO)NC(=O)[C@@H](NC(=O)[C@H](Cc1ccccc1)NC(=O)[C@@H](NC(=O)CNC(=O)[C@H](CCC(=O)O)NC(=O)[C@@H](C)NC(=O)CN1CCCCC1=O)[C@@H](C)O)[C@@H](C)O)C(=O)N[C@@H](Cc1ccc(O)cc1)C(=O)N[C@@H](CC(C)C)C(=O)N[C@@H](CC(=O)O)C(=O)N[C@H](C)CCCCN. The molecule has 0 bridgehead atoms. The molecule has 0 spiro atoms. The van der Waals surface area contributed by atoms with E-state index in [-0.39, 0.29) is 61.1 Å². The number of aromatic hydroxyl groups is 2. The van der Waals surface area contributed by atoms with Crippen molar-refractivity contribution >= 4 is 112 Å². The number of carbonyl (C=O) groups is 19. The molecule has 4 rings (SSSR count). The summed E-state index contributed by atoms with van der Waals surface area (Å²) in [6, 6.07) is -5.69. The Morgan fingerprint density at radius 3 is 1.28 bits per heavy atom. The number of piperidine rings is 1. The number of nitrogens with two attached hydrogens (primary N) is 1. The largest absolute Gasteiger partial charge is 0.508 e. The van der Waals surface area contributed by atoms with Crippen LogP contribution in [0.5, 0.6) is 11.5 Å². The molecule has 712 valence electrons. The number of phenols is 2. The molecule has 0 aromatic heterocycles. The summed E-state index contributed by atoms with van der Waals surface area (Å²) in [6.45, 7) is 8.39. The number of aliphatic hydroxyl groups excluding tert-OH is 4. The maximum Gasteiger partial charge on any atom is 0.305 e. The van der Waals surface area contributed by atoms with Gasteiger partial charge in [0.05, 0.1) is 51.4 Å². The number of unbranched alkanes of at least 4 members (excludes halogenated alkanes) is 1. The van der Waals surface area contributed by atoms with Crippen molar-refractivity contribution in [3.8, 4) is 11.5 Å². The minimum absolute atomic E-state index is 0.0790. The third-order valence-corrected chi connectivity index (χ3v) is 20.6. The van der Waals surface area contributed by atoms with E-state index in [0.717, 1.165) is 13.8 Å². The van der Waals surface area contributed by atoms with Crippen LogP contribution in [0.15, 0.2) is 78.9 Å². The lowest BCUT2D eigenvalue weighted by Crippen LogP contribution is -2.63. The first kappa shape index (κ1) is 108. The van der Waals surface area contributed by atoms with Crippen LogP contribution in [0.3, 0.4) is 0 Å². The lowest BCUT2D eigenvalue weighted by atomic mass is 9.96. The highest BCUT2D eigenvalue weighted by Gasteiger charge is 2.41. The highest BCUT2D eigenvalue weighted by molar-refractivity contribution is 6.01. The predicted octanol–water partition coefficient (Wildman–Crippen LogP) is -6.14. The third kappa shape index (κ3) is 38.6. The van der Waals surface area contributed by atoms with Gasteiger partial charge in [0.25, 0.3) is 0 Å². The zero-order chi connectivity index (χ0) is 96.5. The van der Waals surface area contributed by atoms with Crippen LogP contribution in [0.4, 0.5) is 0 Å². The van der Waals surface area contributed by atoms with Gasteiger partial charge in [-0.15, -0.1) is 0 Å². The van der Waals surface area contributed by atoms with Gasteiger partial charge in [-0.05, 0) is 126 Å². The van der Waals surface area contributed by atoms with E-state index >= 15 is 0 Å². The standard InChI is InChI=1S/C84H123N17O28/c1-9-44(4)69(82(127)94-57(36-51-23-27-53(107)28-24-51)76(121)90-55(33-43(2)3)75(120)92-59(37-67(113)114)74(119)87-45(5)17-13-15-31-85)99-81(126)62(42-103)96-77(122)56(35-50-21-25-52(106)26-22-50)91-78(123)60(38-68(115)116)93-80(125)61(41-102)97-84(129)71(48(8)105)100-79(124)58(34-49-18-11-10-12-19-49)95-83(128)70(47(7)104)98-63(108)39-86-73(118)54(29-30-66(111)112)89-72(117)46(6)88-64(109)40-101-32-16-14-20-65(101)110/h10-12,18-19,21-28,43-48,54-62,69-71,102-107H,9,13-17,20,29-42,85H2,1-8H3,(H,86,118)(H,87,119)(H,88,109)(H,89,117)(H,90,121)(H,91,123)(H,92,120)(H,93,125)(H,94,127)(H,95,128)(H,96,122)(H,97,129)(H,98,108)(H,99,126)(H,100,124)(H,111,112)(H,113,114)(H,115,116)/t44-,45+,46+,47+,48+,54-,55-,56-,57-,58-,59-,60-,61-,62-,69-,70-,71-/m0/s1. The summed E-state index contributed by atoms with van der Waals surface area (Å²) >= 11 is 0. The van der Waals surface area contributed by atoms with E-state index in [1.165, 1.54) is 79.4 Å². The number of phenolic OH excluding ortho intramolecular Hbond substituents is 2. The van der Waals surface area contributed by atoms with Crippen molar-refractivity contribution in [2.75, 3.05) is 39.4 Å². The van der Waals surface area contributed by atoms with E-state index < -0.39 is 268 Å². The minimum atomic E-state index is -2.23.